The summed E-state index contributed by atoms with van der Waals surface area (Å²) >= 11 is 0. The summed E-state index contributed by atoms with van der Waals surface area (Å²) in [7, 11) is 0. The van der Waals surface area contributed by atoms with E-state index in [9.17, 15) is 9.59 Å². The molecule has 0 bridgehead atoms. The van der Waals surface area contributed by atoms with Crippen LogP contribution in [0.25, 0.3) is 0 Å². The first kappa shape index (κ1) is 9.49. The first-order valence-corrected chi connectivity index (χ1v) is 5.08. The molecule has 2 fully saturated rings. The van der Waals surface area contributed by atoms with Crippen LogP contribution in [0.15, 0.2) is 0 Å². The van der Waals surface area contributed by atoms with Crippen LogP contribution in [0.4, 0.5) is 0 Å². The Morgan fingerprint density at radius 2 is 1.93 bits per heavy atom. The number of hydrogen-bond acceptors (Lipinski definition) is 2. The summed E-state index contributed by atoms with van der Waals surface area (Å²) in [6.07, 6.45) is 2.28. The van der Waals surface area contributed by atoms with E-state index in [1.807, 2.05) is 0 Å². The lowest BCUT2D eigenvalue weighted by molar-refractivity contribution is -0.142. The van der Waals surface area contributed by atoms with Crippen molar-refractivity contribution in [2.24, 2.45) is 17.8 Å². The Morgan fingerprint density at radius 1 is 1.29 bits per heavy atom. The molecule has 0 aromatic heterocycles. The lowest BCUT2D eigenvalue weighted by Crippen LogP contribution is -2.27. The molecule has 0 aromatic rings. The van der Waals surface area contributed by atoms with Crippen molar-refractivity contribution >= 4 is 11.9 Å². The Morgan fingerprint density at radius 3 is 2.36 bits per heavy atom. The van der Waals surface area contributed by atoms with E-state index in [1.54, 1.807) is 4.90 Å². The van der Waals surface area contributed by atoms with Crippen molar-refractivity contribution in [3.05, 3.63) is 0 Å². The zero-order chi connectivity index (χ0) is 10.3. The smallest absolute Gasteiger partial charge is 0.308 e. The van der Waals surface area contributed by atoms with Crippen molar-refractivity contribution in [2.75, 3.05) is 13.1 Å². The van der Waals surface area contributed by atoms with Crippen LogP contribution in [0, 0.1) is 17.8 Å². The third-order valence-electron chi connectivity index (χ3n) is 3.36. The van der Waals surface area contributed by atoms with Crippen molar-refractivity contribution in [1.82, 2.24) is 4.90 Å². The van der Waals surface area contributed by atoms with Gasteiger partial charge in [0.1, 0.15) is 0 Å². The topological polar surface area (TPSA) is 57.6 Å². The Bertz CT molecular complexity index is 273. The maximum atomic E-state index is 11.1. The maximum absolute atomic E-state index is 11.1. The molecular weight excluding hydrogens is 182 g/mol. The van der Waals surface area contributed by atoms with E-state index in [4.69, 9.17) is 5.11 Å². The highest BCUT2D eigenvalue weighted by molar-refractivity contribution is 5.77. The number of nitrogens with zero attached hydrogens (tertiary/aromatic N) is 1. The minimum Gasteiger partial charge on any atom is -0.481 e. The number of amides is 1. The van der Waals surface area contributed by atoms with Gasteiger partial charge >= 0.3 is 5.97 Å². The highest BCUT2D eigenvalue weighted by atomic mass is 16.4. The van der Waals surface area contributed by atoms with E-state index in [-0.39, 0.29) is 17.7 Å². The van der Waals surface area contributed by atoms with Gasteiger partial charge in [0, 0.05) is 20.0 Å². The number of carboxylic acid groups (broad SMARTS) is 1. The maximum Gasteiger partial charge on any atom is 0.308 e. The van der Waals surface area contributed by atoms with Crippen LogP contribution >= 0.6 is 0 Å². The largest absolute Gasteiger partial charge is 0.481 e. The molecule has 0 spiro atoms. The molecule has 1 saturated carbocycles. The van der Waals surface area contributed by atoms with Gasteiger partial charge in [-0.15, -0.1) is 0 Å². The van der Waals surface area contributed by atoms with Crippen LogP contribution in [0.1, 0.15) is 19.8 Å². The van der Waals surface area contributed by atoms with Gasteiger partial charge in [-0.1, -0.05) is 0 Å². The van der Waals surface area contributed by atoms with Gasteiger partial charge < -0.3 is 10.0 Å². The van der Waals surface area contributed by atoms with Crippen LogP contribution in [-0.4, -0.2) is 35.0 Å². The van der Waals surface area contributed by atoms with E-state index >= 15 is 0 Å². The lowest BCUT2D eigenvalue weighted by atomic mass is 9.92. The minimum absolute atomic E-state index is 0.000556. The Kier molecular flexibility index (Phi) is 2.21. The van der Waals surface area contributed by atoms with Gasteiger partial charge in [0.15, 0.2) is 0 Å². The number of aliphatic carboxylic acids is 1. The number of rotatable bonds is 2. The van der Waals surface area contributed by atoms with E-state index in [2.05, 4.69) is 0 Å². The van der Waals surface area contributed by atoms with E-state index in [1.165, 1.54) is 6.92 Å². The van der Waals surface area contributed by atoms with Crippen molar-refractivity contribution in [2.45, 2.75) is 19.8 Å². The second-order valence-electron chi connectivity index (χ2n) is 4.37. The van der Waals surface area contributed by atoms with Crippen LogP contribution in [0.2, 0.25) is 0 Å². The molecule has 0 unspecified atom stereocenters. The molecule has 78 valence electrons. The zero-order valence-electron chi connectivity index (χ0n) is 8.27. The summed E-state index contributed by atoms with van der Waals surface area (Å²) in [5.41, 5.74) is 0. The molecule has 1 amide bonds. The molecule has 1 heterocycles. The van der Waals surface area contributed by atoms with E-state index < -0.39 is 5.97 Å². The third kappa shape index (κ3) is 1.61. The molecule has 2 rings (SSSR count). The Hall–Kier alpha value is -1.06. The van der Waals surface area contributed by atoms with Crippen LogP contribution in [0.3, 0.4) is 0 Å². The molecule has 0 radical (unpaired) electrons. The Balaban J connectivity index is 2.07. The number of hydrogen-bond donors (Lipinski definition) is 1. The predicted molar refractivity (Wildman–Crippen MR) is 49.6 cm³/mol. The van der Waals surface area contributed by atoms with E-state index in [0.29, 0.717) is 19.0 Å². The number of carbonyl (C=O) groups is 2. The van der Waals surface area contributed by atoms with Crippen molar-refractivity contribution in [1.29, 1.82) is 0 Å². The number of carboxylic acids is 1. The summed E-state index contributed by atoms with van der Waals surface area (Å²) in [5.74, 6) is -0.312. The summed E-state index contributed by atoms with van der Waals surface area (Å²) in [5, 5.41) is 9.02. The predicted octanol–water partition coefficient (Wildman–Crippen LogP) is 0.575. The zero-order valence-corrected chi connectivity index (χ0v) is 8.27. The minimum atomic E-state index is -0.745. The molecule has 1 saturated heterocycles. The highest BCUT2D eigenvalue weighted by Crippen LogP contribution is 2.43. The molecule has 1 aliphatic heterocycles. The number of carbonyl (C=O) groups excluding carboxylic acids is 1. The Labute approximate surface area is 82.9 Å². The molecule has 0 aromatic carbocycles. The van der Waals surface area contributed by atoms with Crippen molar-refractivity contribution < 1.29 is 14.7 Å². The van der Waals surface area contributed by atoms with Gasteiger partial charge in [-0.25, -0.2) is 0 Å². The van der Waals surface area contributed by atoms with Crippen molar-refractivity contribution in [3.8, 4) is 0 Å². The summed E-state index contributed by atoms with van der Waals surface area (Å²) in [4.78, 5) is 23.8. The molecule has 2 atom stereocenters. The average Bonchev–Trinajstić information content (AvgIpc) is 2.83. The fraction of sp³-hybridized carbons (Fsp3) is 0.800. The third-order valence-corrected chi connectivity index (χ3v) is 3.36. The SMILES string of the molecule is CC(=O)N1C[C@@H](C(=O)O)[C@H](C2CC2)C1. The van der Waals surface area contributed by atoms with Gasteiger partial charge in [0.2, 0.25) is 5.91 Å². The van der Waals surface area contributed by atoms with Gasteiger partial charge in [-0.05, 0) is 24.7 Å². The van der Waals surface area contributed by atoms with Gasteiger partial charge in [-0.2, -0.15) is 0 Å². The average molecular weight is 197 g/mol. The standard InChI is InChI=1S/C10H15NO3/c1-6(12)11-4-8(7-2-3-7)9(5-11)10(13)14/h7-9H,2-5H2,1H3,(H,13,14)/t8-,9+/m0/s1. The summed E-state index contributed by atoms with van der Waals surface area (Å²) in [6, 6.07) is 0. The lowest BCUT2D eigenvalue weighted by Gasteiger charge is -2.12. The molecule has 1 aliphatic carbocycles. The summed E-state index contributed by atoms with van der Waals surface area (Å²) < 4.78 is 0. The molecule has 1 N–H and O–H groups in total. The highest BCUT2D eigenvalue weighted by Gasteiger charge is 2.46. The molecular formula is C10H15NO3. The van der Waals surface area contributed by atoms with Crippen LogP contribution in [0.5, 0.6) is 0 Å². The monoisotopic (exact) mass is 197 g/mol. The molecule has 14 heavy (non-hydrogen) atoms. The molecule has 4 nitrogen and oxygen atoms in total. The van der Waals surface area contributed by atoms with Crippen LogP contribution in [-0.2, 0) is 9.59 Å². The molecule has 4 heteroatoms. The van der Waals surface area contributed by atoms with Crippen molar-refractivity contribution in [3.63, 3.8) is 0 Å². The molecule has 2 aliphatic rings. The second-order valence-corrected chi connectivity index (χ2v) is 4.37. The fourth-order valence-electron chi connectivity index (χ4n) is 2.35. The van der Waals surface area contributed by atoms with Gasteiger partial charge in [0.25, 0.3) is 0 Å². The first-order valence-electron chi connectivity index (χ1n) is 5.08. The quantitative estimate of drug-likeness (QED) is 0.704. The first-order chi connectivity index (χ1) is 6.59. The number of likely N-dealkylation sites (tertiary alicyclic amines) is 1. The van der Waals surface area contributed by atoms with E-state index in [0.717, 1.165) is 12.8 Å². The summed E-state index contributed by atoms with van der Waals surface area (Å²) in [6.45, 7) is 2.57. The fourth-order valence-corrected chi connectivity index (χ4v) is 2.35. The van der Waals surface area contributed by atoms with Crippen LogP contribution < -0.4 is 0 Å². The normalized spacial score (nSPS) is 31.9. The second kappa shape index (κ2) is 3.26. The van der Waals surface area contributed by atoms with Gasteiger partial charge in [-0.3, -0.25) is 9.59 Å². The van der Waals surface area contributed by atoms with Gasteiger partial charge in [0.05, 0.1) is 5.92 Å².